The fraction of sp³-hybridized carbons (Fsp3) is 1.00. The molecule has 4 saturated carbocycles. The van der Waals surface area contributed by atoms with Crippen molar-refractivity contribution in [1.29, 1.82) is 0 Å². The van der Waals surface area contributed by atoms with Gasteiger partial charge in [0.15, 0.2) is 11.6 Å². The Bertz CT molecular complexity index is 850. The highest BCUT2D eigenvalue weighted by molar-refractivity contribution is 5.15. The Kier molecular flexibility index (Phi) is 7.59. The molecule has 8 heteroatoms. The molecule has 0 atom stereocenters. The van der Waals surface area contributed by atoms with Crippen LogP contribution in [0.3, 0.4) is 0 Å². The molecule has 0 amide bonds. The van der Waals surface area contributed by atoms with Gasteiger partial charge in [-0.2, -0.15) is 0 Å². The quantitative estimate of drug-likeness (QED) is 0.283. The Morgan fingerprint density at radius 2 is 0.581 bits per heavy atom. The van der Waals surface area contributed by atoms with Gasteiger partial charge >= 0.3 is 0 Å². The van der Waals surface area contributed by atoms with Crippen LogP contribution in [0.15, 0.2) is 0 Å². The molecule has 8 rings (SSSR count). The van der Waals surface area contributed by atoms with Gasteiger partial charge < -0.3 is 39.5 Å². The van der Waals surface area contributed by atoms with Crippen molar-refractivity contribution in [3.63, 3.8) is 0 Å². The fourth-order valence-corrected chi connectivity index (χ4v) is 11.7. The molecule has 4 heterocycles. The van der Waals surface area contributed by atoms with E-state index in [2.05, 4.69) is 0 Å². The van der Waals surface area contributed by atoms with Gasteiger partial charge in [0.1, 0.15) is 0 Å². The molecule has 0 bridgehead atoms. The monoisotopic (exact) mass is 600 g/mol. The third-order valence-corrected chi connectivity index (χ3v) is 13.8. The lowest BCUT2D eigenvalue weighted by molar-refractivity contribution is -0.398. The van der Waals surface area contributed by atoms with Crippen LogP contribution >= 0.6 is 0 Å². The zero-order chi connectivity index (χ0) is 29.3. The van der Waals surface area contributed by atoms with Crippen LogP contribution in [0, 0.1) is 15.8 Å². The average Bonchev–Trinajstić information content (AvgIpc) is 3.04. The summed E-state index contributed by atoms with van der Waals surface area (Å²) in [5.74, 6) is -1.36. The summed E-state index contributed by atoms with van der Waals surface area (Å²) in [4.78, 5) is 0. The predicted octanol–water partition coefficient (Wildman–Crippen LogP) is 7.46. The summed E-state index contributed by atoms with van der Waals surface area (Å²) in [6.07, 6.45) is 24.4. The number of hydrogen-bond acceptors (Lipinski definition) is 8. The Labute approximate surface area is 259 Å². The van der Waals surface area contributed by atoms with Gasteiger partial charge in [0.05, 0.1) is 31.8 Å². The Morgan fingerprint density at radius 1 is 0.349 bits per heavy atom. The number of hydroxylamine groups is 4. The summed E-state index contributed by atoms with van der Waals surface area (Å²) in [6, 6.07) is 0. The van der Waals surface area contributed by atoms with E-state index in [1.54, 1.807) is 10.1 Å². The zero-order valence-corrected chi connectivity index (χ0v) is 26.6. The summed E-state index contributed by atoms with van der Waals surface area (Å²) >= 11 is 0. The summed E-state index contributed by atoms with van der Waals surface area (Å²) in [6.45, 7) is 2.21. The summed E-state index contributed by atoms with van der Waals surface area (Å²) in [5.41, 5.74) is -1.74. The number of nitrogens with zero attached hydrogens (tertiary/aromatic N) is 2. The highest BCUT2D eigenvalue weighted by Gasteiger charge is 2.63. The van der Waals surface area contributed by atoms with Crippen LogP contribution < -0.4 is 0 Å². The first-order valence-corrected chi connectivity index (χ1v) is 18.3. The lowest BCUT2D eigenvalue weighted by Gasteiger charge is -2.70. The summed E-state index contributed by atoms with van der Waals surface area (Å²) in [5, 5.41) is 31.6. The van der Waals surface area contributed by atoms with Crippen LogP contribution in [0.4, 0.5) is 0 Å². The molecule has 0 radical (unpaired) electrons. The molecular weight excluding hydrogens is 544 g/mol. The van der Waals surface area contributed by atoms with E-state index in [1.165, 1.54) is 25.7 Å². The minimum Gasteiger partial charge on any atom is -0.784 e. The fourth-order valence-electron chi connectivity index (χ4n) is 11.7. The maximum Gasteiger partial charge on any atom is 0.171 e. The van der Waals surface area contributed by atoms with Gasteiger partial charge in [-0.3, -0.25) is 0 Å². The van der Waals surface area contributed by atoms with E-state index in [4.69, 9.17) is 18.9 Å². The first-order chi connectivity index (χ1) is 20.8. The van der Waals surface area contributed by atoms with Crippen LogP contribution in [0.1, 0.15) is 154 Å². The first kappa shape index (κ1) is 30.0. The molecule has 8 aliphatic rings. The predicted molar refractivity (Wildman–Crippen MR) is 164 cm³/mol. The third-order valence-electron chi connectivity index (χ3n) is 13.8. The van der Waals surface area contributed by atoms with Gasteiger partial charge in [0.2, 0.25) is 0 Å². The van der Waals surface area contributed by atoms with Crippen LogP contribution in [0.5, 0.6) is 0 Å². The number of rotatable bonds is 0. The normalized spacial score (nSPS) is 42.8. The standard InChI is InChI=1S/C35H56N2O6/c38-36-30(13-5-1-6-14-30)21-34(22-31(36)15-7-2-8-16-31)40-25-29(26-41-34)27-42-35(43-28-29)23-32(17-9-3-10-18-32)37(39)33(24-35)19-11-4-12-20-33/h1-28H2/q-2. The molecular formula is C35H56N2O6-2. The van der Waals surface area contributed by atoms with Crippen LogP contribution in [0.2, 0.25) is 0 Å². The molecule has 0 aromatic carbocycles. The van der Waals surface area contributed by atoms with E-state index in [1.807, 2.05) is 0 Å². The Hall–Kier alpha value is -0.320. The lowest BCUT2D eigenvalue weighted by atomic mass is 9.64. The van der Waals surface area contributed by atoms with E-state index in [9.17, 15) is 10.4 Å². The van der Waals surface area contributed by atoms with Crippen molar-refractivity contribution in [2.24, 2.45) is 5.41 Å². The summed E-state index contributed by atoms with van der Waals surface area (Å²) in [7, 11) is 0. The minimum atomic E-state index is -0.678. The van der Waals surface area contributed by atoms with Gasteiger partial charge in [-0.1, -0.05) is 77.0 Å². The Morgan fingerprint density at radius 3 is 0.814 bits per heavy atom. The SMILES string of the molecule is [O-]N1C2(CCCCC2)CC2(CC13CCCCC3)OCC1(CO2)COC2(CC3(CCCCC3)N([O-])C3(CCCCC3)C2)OC1. The van der Waals surface area contributed by atoms with E-state index >= 15 is 0 Å². The lowest BCUT2D eigenvalue weighted by Crippen LogP contribution is -2.73. The van der Waals surface area contributed by atoms with Crippen molar-refractivity contribution in [3.8, 4) is 0 Å². The van der Waals surface area contributed by atoms with Crippen LogP contribution in [0.25, 0.3) is 0 Å². The van der Waals surface area contributed by atoms with Gasteiger partial charge in [0.25, 0.3) is 0 Å². The molecule has 8 nitrogen and oxygen atoms in total. The maximum atomic E-state index is 14.2. The van der Waals surface area contributed by atoms with Crippen molar-refractivity contribution in [1.82, 2.24) is 10.1 Å². The molecule has 0 unspecified atom stereocenters. The molecule has 43 heavy (non-hydrogen) atoms. The number of ether oxygens (including phenoxy) is 4. The average molecular weight is 601 g/mol. The molecule has 7 spiro atoms. The Balaban J connectivity index is 1.00. The maximum absolute atomic E-state index is 14.2. The topological polar surface area (TPSA) is 89.5 Å². The van der Waals surface area contributed by atoms with Crippen LogP contribution in [-0.4, -0.2) is 70.3 Å². The van der Waals surface area contributed by atoms with Gasteiger partial charge in [-0.25, -0.2) is 0 Å². The molecule has 8 fully saturated rings. The van der Waals surface area contributed by atoms with Gasteiger partial charge in [0, 0.05) is 47.8 Å². The highest BCUT2D eigenvalue weighted by Crippen LogP contribution is 2.59. The molecule has 0 aromatic heterocycles. The van der Waals surface area contributed by atoms with Gasteiger partial charge in [-0.05, 0) is 51.4 Å². The molecule has 4 aliphatic carbocycles. The van der Waals surface area contributed by atoms with Crippen molar-refractivity contribution < 1.29 is 18.9 Å². The van der Waals surface area contributed by atoms with Crippen molar-refractivity contribution in [2.75, 3.05) is 26.4 Å². The molecule has 0 aromatic rings. The van der Waals surface area contributed by atoms with Crippen molar-refractivity contribution in [3.05, 3.63) is 10.4 Å². The second kappa shape index (κ2) is 10.9. The number of piperidine rings is 2. The van der Waals surface area contributed by atoms with Gasteiger partial charge in [-0.15, -0.1) is 0 Å². The molecule has 4 saturated heterocycles. The van der Waals surface area contributed by atoms with E-state index < -0.39 is 11.6 Å². The molecule has 4 aliphatic heterocycles. The zero-order valence-electron chi connectivity index (χ0n) is 26.6. The second-order valence-corrected chi connectivity index (χ2v) is 16.9. The smallest absolute Gasteiger partial charge is 0.171 e. The van der Waals surface area contributed by atoms with Crippen LogP contribution in [-0.2, 0) is 18.9 Å². The van der Waals surface area contributed by atoms with Crippen molar-refractivity contribution in [2.45, 2.75) is 188 Å². The van der Waals surface area contributed by atoms with E-state index in [-0.39, 0.29) is 27.6 Å². The molecule has 244 valence electrons. The van der Waals surface area contributed by atoms with E-state index in [0.717, 1.165) is 103 Å². The van der Waals surface area contributed by atoms with Crippen molar-refractivity contribution >= 4 is 0 Å². The minimum absolute atomic E-state index is 0.335. The largest absolute Gasteiger partial charge is 0.784 e. The number of hydrogen-bond donors (Lipinski definition) is 0. The second-order valence-electron chi connectivity index (χ2n) is 16.9. The highest BCUT2D eigenvalue weighted by atomic mass is 16.7. The van der Waals surface area contributed by atoms with E-state index in [0.29, 0.717) is 52.1 Å². The molecule has 0 N–H and O–H groups in total. The first-order valence-electron chi connectivity index (χ1n) is 18.3. The summed E-state index contributed by atoms with van der Waals surface area (Å²) < 4.78 is 27.6. The third kappa shape index (κ3) is 4.90.